The van der Waals surface area contributed by atoms with Gasteiger partial charge in [0.2, 0.25) is 0 Å². The molecule has 0 saturated heterocycles. The minimum Gasteiger partial charge on any atom is -0.495 e. The van der Waals surface area contributed by atoms with Crippen molar-refractivity contribution in [1.29, 1.82) is 0 Å². The van der Waals surface area contributed by atoms with Gasteiger partial charge in [-0.2, -0.15) is 0 Å². The van der Waals surface area contributed by atoms with E-state index in [0.717, 1.165) is 16.5 Å². The van der Waals surface area contributed by atoms with Gasteiger partial charge in [-0.1, -0.05) is 24.3 Å². The van der Waals surface area contributed by atoms with Crippen molar-refractivity contribution in [3.8, 4) is 5.75 Å². The number of para-hydroxylation sites is 1. The molecule has 6 heteroatoms. The lowest BCUT2D eigenvalue weighted by molar-refractivity contribution is -0.147. The lowest BCUT2D eigenvalue weighted by Crippen LogP contribution is -2.21. The molecule has 0 spiro atoms. The van der Waals surface area contributed by atoms with E-state index in [2.05, 4.69) is 5.32 Å². The van der Waals surface area contributed by atoms with E-state index >= 15 is 0 Å². The fourth-order valence-corrected chi connectivity index (χ4v) is 2.87. The van der Waals surface area contributed by atoms with Crippen LogP contribution >= 0.6 is 0 Å². The van der Waals surface area contributed by atoms with Crippen LogP contribution in [0.25, 0.3) is 10.9 Å². The van der Waals surface area contributed by atoms with Crippen LogP contribution in [-0.4, -0.2) is 30.2 Å². The maximum Gasteiger partial charge on any atom is 0.308 e. The maximum absolute atomic E-state index is 12.1. The molecule has 0 bridgehead atoms. The molecule has 6 nitrogen and oxygen atoms in total. The Labute approximate surface area is 157 Å². The lowest BCUT2D eigenvalue weighted by atomic mass is 10.2. The van der Waals surface area contributed by atoms with E-state index in [0.29, 0.717) is 18.0 Å². The molecule has 0 fully saturated rings. The van der Waals surface area contributed by atoms with Crippen LogP contribution in [0.15, 0.2) is 54.7 Å². The molecule has 0 aliphatic rings. The molecule has 0 aliphatic heterocycles. The summed E-state index contributed by atoms with van der Waals surface area (Å²) in [4.78, 5) is 24.0. The summed E-state index contributed by atoms with van der Waals surface area (Å²) in [6, 6.07) is 15.4. The third kappa shape index (κ3) is 4.67. The highest BCUT2D eigenvalue weighted by molar-refractivity contribution is 5.94. The highest BCUT2D eigenvalue weighted by atomic mass is 16.5. The second-order valence-corrected chi connectivity index (χ2v) is 6.23. The van der Waals surface area contributed by atoms with Gasteiger partial charge in [0.25, 0.3) is 5.91 Å². The smallest absolute Gasteiger partial charge is 0.308 e. The van der Waals surface area contributed by atoms with Gasteiger partial charge in [-0.15, -0.1) is 0 Å². The Kier molecular flexibility index (Phi) is 5.76. The zero-order chi connectivity index (χ0) is 19.2. The van der Waals surface area contributed by atoms with E-state index in [1.54, 1.807) is 12.1 Å². The molecular formula is C21H22N2O4. The molecule has 1 aromatic heterocycles. The van der Waals surface area contributed by atoms with Crippen molar-refractivity contribution in [2.24, 2.45) is 0 Å². The number of aromatic nitrogens is 1. The van der Waals surface area contributed by atoms with E-state index in [-0.39, 0.29) is 13.0 Å². The first-order chi connectivity index (χ1) is 13.1. The van der Waals surface area contributed by atoms with E-state index < -0.39 is 11.9 Å². The van der Waals surface area contributed by atoms with Gasteiger partial charge in [-0.3, -0.25) is 9.59 Å². The Morgan fingerprint density at radius 1 is 1.11 bits per heavy atom. The number of anilines is 1. The van der Waals surface area contributed by atoms with Crippen molar-refractivity contribution in [3.63, 3.8) is 0 Å². The number of ether oxygens (including phenoxy) is 2. The number of nitrogens with one attached hydrogen (secondary N) is 1. The second-order valence-electron chi connectivity index (χ2n) is 6.23. The van der Waals surface area contributed by atoms with Gasteiger partial charge >= 0.3 is 5.97 Å². The number of hydrogen-bond acceptors (Lipinski definition) is 4. The quantitative estimate of drug-likeness (QED) is 0.650. The van der Waals surface area contributed by atoms with Crippen molar-refractivity contribution in [3.05, 3.63) is 60.3 Å². The molecule has 1 heterocycles. The highest BCUT2D eigenvalue weighted by Crippen LogP contribution is 2.25. The number of fused-ring (bicyclic) bond motifs is 1. The molecule has 0 saturated carbocycles. The van der Waals surface area contributed by atoms with Crippen molar-refractivity contribution >= 4 is 28.5 Å². The molecular weight excluding hydrogens is 344 g/mol. The number of nitrogens with zero attached hydrogens (tertiary/aromatic N) is 1. The first-order valence-electron chi connectivity index (χ1n) is 8.71. The summed E-state index contributed by atoms with van der Waals surface area (Å²) in [7, 11) is 1.53. The maximum atomic E-state index is 12.1. The third-order valence-electron chi connectivity index (χ3n) is 4.23. The zero-order valence-corrected chi connectivity index (χ0v) is 15.4. The van der Waals surface area contributed by atoms with Crippen LogP contribution in [0.3, 0.4) is 0 Å². The minimum absolute atomic E-state index is 0.194. The van der Waals surface area contributed by atoms with E-state index in [1.807, 2.05) is 54.1 Å². The van der Waals surface area contributed by atoms with Gasteiger partial charge in [0.05, 0.1) is 19.2 Å². The molecule has 0 radical (unpaired) electrons. The number of carbonyl (C=O) groups is 2. The predicted molar refractivity (Wildman–Crippen MR) is 104 cm³/mol. The number of hydrogen-bond donors (Lipinski definition) is 1. The Bertz CT molecular complexity index is 962. The second kappa shape index (κ2) is 8.40. The van der Waals surface area contributed by atoms with Crippen LogP contribution in [0.1, 0.15) is 12.0 Å². The normalized spacial score (nSPS) is 10.6. The van der Waals surface area contributed by atoms with Crippen LogP contribution in [0.5, 0.6) is 5.75 Å². The van der Waals surface area contributed by atoms with Crippen molar-refractivity contribution in [2.75, 3.05) is 19.0 Å². The molecule has 3 rings (SSSR count). The average Bonchev–Trinajstić information content (AvgIpc) is 3.08. The van der Waals surface area contributed by atoms with Gasteiger partial charge in [-0.05, 0) is 42.1 Å². The molecule has 0 aliphatic carbocycles. The number of carbonyl (C=O) groups excluding carboxylic acids is 2. The SMILES string of the molecule is COc1ccc(C)cc1NC(=O)COC(=O)CCn1ccc2ccccc21. The summed E-state index contributed by atoms with van der Waals surface area (Å²) in [5.41, 5.74) is 2.61. The lowest BCUT2D eigenvalue weighted by Gasteiger charge is -2.11. The summed E-state index contributed by atoms with van der Waals surface area (Å²) >= 11 is 0. The third-order valence-corrected chi connectivity index (χ3v) is 4.23. The van der Waals surface area contributed by atoms with E-state index in [4.69, 9.17) is 9.47 Å². The van der Waals surface area contributed by atoms with Crippen LogP contribution in [0.4, 0.5) is 5.69 Å². The van der Waals surface area contributed by atoms with Gasteiger partial charge in [-0.25, -0.2) is 0 Å². The summed E-state index contributed by atoms with van der Waals surface area (Å²) in [6.07, 6.45) is 2.13. The number of rotatable bonds is 7. The van der Waals surface area contributed by atoms with Gasteiger partial charge in [0, 0.05) is 18.3 Å². The first-order valence-corrected chi connectivity index (χ1v) is 8.71. The number of benzene rings is 2. The monoisotopic (exact) mass is 366 g/mol. The topological polar surface area (TPSA) is 69.6 Å². The molecule has 1 N–H and O–H groups in total. The van der Waals surface area contributed by atoms with Crippen molar-refractivity contribution in [2.45, 2.75) is 19.9 Å². The fraction of sp³-hybridized carbons (Fsp3) is 0.238. The van der Waals surface area contributed by atoms with Crippen LogP contribution < -0.4 is 10.1 Å². The van der Waals surface area contributed by atoms with Crippen LogP contribution in [-0.2, 0) is 20.9 Å². The zero-order valence-electron chi connectivity index (χ0n) is 15.4. The predicted octanol–water partition coefficient (Wildman–Crippen LogP) is 3.53. The summed E-state index contributed by atoms with van der Waals surface area (Å²) in [5.74, 6) is -0.266. The van der Waals surface area contributed by atoms with E-state index in [1.165, 1.54) is 7.11 Å². The Balaban J connectivity index is 1.49. The van der Waals surface area contributed by atoms with Gasteiger partial charge in [0.15, 0.2) is 6.61 Å². The molecule has 3 aromatic rings. The molecule has 140 valence electrons. The number of aryl methyl sites for hydroxylation is 2. The fourth-order valence-electron chi connectivity index (χ4n) is 2.87. The molecule has 1 amide bonds. The standard InChI is InChI=1S/C21H22N2O4/c1-15-7-8-19(26-2)17(13-15)22-20(24)14-27-21(25)10-12-23-11-9-16-5-3-4-6-18(16)23/h3-9,11,13H,10,12,14H2,1-2H3,(H,22,24). The minimum atomic E-state index is -0.417. The van der Waals surface area contributed by atoms with Crippen LogP contribution in [0, 0.1) is 6.92 Å². The van der Waals surface area contributed by atoms with Crippen molar-refractivity contribution < 1.29 is 19.1 Å². The Hall–Kier alpha value is -3.28. The number of methoxy groups -OCH3 is 1. The largest absolute Gasteiger partial charge is 0.495 e. The summed E-state index contributed by atoms with van der Waals surface area (Å²) < 4.78 is 12.3. The van der Waals surface area contributed by atoms with Gasteiger partial charge in [0.1, 0.15) is 5.75 Å². The summed E-state index contributed by atoms with van der Waals surface area (Å²) in [6.45, 7) is 2.09. The van der Waals surface area contributed by atoms with Crippen molar-refractivity contribution in [1.82, 2.24) is 4.57 Å². The van der Waals surface area contributed by atoms with Crippen LogP contribution in [0.2, 0.25) is 0 Å². The molecule has 2 aromatic carbocycles. The average molecular weight is 366 g/mol. The molecule has 27 heavy (non-hydrogen) atoms. The molecule has 0 unspecified atom stereocenters. The number of amides is 1. The number of esters is 1. The van der Waals surface area contributed by atoms with Gasteiger partial charge < -0.3 is 19.4 Å². The summed E-state index contributed by atoms with van der Waals surface area (Å²) in [5, 5.41) is 3.83. The Morgan fingerprint density at radius 2 is 1.93 bits per heavy atom. The molecule has 0 atom stereocenters. The Morgan fingerprint density at radius 3 is 2.74 bits per heavy atom. The highest BCUT2D eigenvalue weighted by Gasteiger charge is 2.11. The van der Waals surface area contributed by atoms with E-state index in [9.17, 15) is 9.59 Å². The first kappa shape index (κ1) is 18.5.